The van der Waals surface area contributed by atoms with Crippen molar-refractivity contribution in [3.05, 3.63) is 12.2 Å². The van der Waals surface area contributed by atoms with Gasteiger partial charge in [-0.15, -0.1) is 0 Å². The Labute approximate surface area is 122 Å². The molecule has 0 aliphatic heterocycles. The summed E-state index contributed by atoms with van der Waals surface area (Å²) < 4.78 is 10.5. The van der Waals surface area contributed by atoms with Crippen molar-refractivity contribution in [2.75, 3.05) is 0 Å². The monoisotopic (exact) mass is 284 g/mol. The second-order valence-corrected chi connectivity index (χ2v) is 4.84. The number of hydrogen-bond donors (Lipinski definition) is 0. The third-order valence-electron chi connectivity index (χ3n) is 3.05. The SMILES string of the molecule is CCCC(CC)OC(=O)/C=C/C(=O)OC(CC)CCC. The quantitative estimate of drug-likeness (QED) is 0.452. The molecule has 20 heavy (non-hydrogen) atoms. The van der Waals surface area contributed by atoms with E-state index in [0.29, 0.717) is 0 Å². The summed E-state index contributed by atoms with van der Waals surface area (Å²) in [6, 6.07) is 0. The lowest BCUT2D eigenvalue weighted by Crippen LogP contribution is -2.17. The summed E-state index contributed by atoms with van der Waals surface area (Å²) in [4.78, 5) is 23.1. The van der Waals surface area contributed by atoms with Crippen LogP contribution in [0.4, 0.5) is 0 Å². The predicted molar refractivity (Wildman–Crippen MR) is 79.3 cm³/mol. The highest BCUT2D eigenvalue weighted by molar-refractivity contribution is 5.91. The van der Waals surface area contributed by atoms with Crippen molar-refractivity contribution in [3.63, 3.8) is 0 Å². The molecule has 4 heteroatoms. The van der Waals surface area contributed by atoms with E-state index in [1.165, 1.54) is 0 Å². The predicted octanol–water partition coefficient (Wildman–Crippen LogP) is 3.79. The summed E-state index contributed by atoms with van der Waals surface area (Å²) >= 11 is 0. The molecule has 0 saturated heterocycles. The Morgan fingerprint density at radius 1 is 0.800 bits per heavy atom. The lowest BCUT2D eigenvalue weighted by Gasteiger charge is -2.14. The van der Waals surface area contributed by atoms with Crippen LogP contribution >= 0.6 is 0 Å². The van der Waals surface area contributed by atoms with Crippen LogP contribution in [0.5, 0.6) is 0 Å². The van der Waals surface area contributed by atoms with Gasteiger partial charge in [0, 0.05) is 12.2 Å². The molecule has 0 saturated carbocycles. The summed E-state index contributed by atoms with van der Waals surface area (Å²) in [5.41, 5.74) is 0. The molecular weight excluding hydrogens is 256 g/mol. The van der Waals surface area contributed by atoms with E-state index in [2.05, 4.69) is 0 Å². The summed E-state index contributed by atoms with van der Waals surface area (Å²) in [7, 11) is 0. The molecule has 0 heterocycles. The molecule has 0 aromatic heterocycles. The first-order chi connectivity index (χ1) is 9.57. The zero-order valence-electron chi connectivity index (χ0n) is 13.2. The maximum Gasteiger partial charge on any atom is 0.331 e. The third-order valence-corrected chi connectivity index (χ3v) is 3.05. The number of rotatable bonds is 10. The van der Waals surface area contributed by atoms with Crippen LogP contribution in [-0.2, 0) is 19.1 Å². The summed E-state index contributed by atoms with van der Waals surface area (Å²) in [5.74, 6) is -0.962. The third kappa shape index (κ3) is 8.73. The topological polar surface area (TPSA) is 52.6 Å². The number of hydrogen-bond acceptors (Lipinski definition) is 4. The average molecular weight is 284 g/mol. The minimum atomic E-state index is -0.481. The van der Waals surface area contributed by atoms with Crippen molar-refractivity contribution in [2.45, 2.75) is 78.4 Å². The lowest BCUT2D eigenvalue weighted by atomic mass is 10.1. The molecule has 0 bridgehead atoms. The van der Waals surface area contributed by atoms with Gasteiger partial charge in [-0.3, -0.25) is 0 Å². The molecule has 0 amide bonds. The van der Waals surface area contributed by atoms with E-state index in [1.54, 1.807) is 0 Å². The van der Waals surface area contributed by atoms with Gasteiger partial charge in [-0.2, -0.15) is 0 Å². The van der Waals surface area contributed by atoms with Crippen molar-refractivity contribution in [1.82, 2.24) is 0 Å². The minimum Gasteiger partial charge on any atom is -0.459 e. The second kappa shape index (κ2) is 11.5. The van der Waals surface area contributed by atoms with E-state index < -0.39 is 11.9 Å². The van der Waals surface area contributed by atoms with Crippen molar-refractivity contribution >= 4 is 11.9 Å². The first-order valence-corrected chi connectivity index (χ1v) is 7.66. The van der Waals surface area contributed by atoms with Crippen LogP contribution < -0.4 is 0 Å². The highest BCUT2D eigenvalue weighted by Crippen LogP contribution is 2.08. The Bertz CT molecular complexity index is 280. The first kappa shape index (κ1) is 18.7. The molecule has 0 aliphatic carbocycles. The maximum absolute atomic E-state index is 11.6. The maximum atomic E-state index is 11.6. The van der Waals surface area contributed by atoms with Crippen LogP contribution in [0, 0.1) is 0 Å². The Balaban J connectivity index is 4.19. The van der Waals surface area contributed by atoms with Gasteiger partial charge >= 0.3 is 11.9 Å². The van der Waals surface area contributed by atoms with Gasteiger partial charge in [-0.25, -0.2) is 9.59 Å². The van der Waals surface area contributed by atoms with Gasteiger partial charge < -0.3 is 9.47 Å². The van der Waals surface area contributed by atoms with Gasteiger partial charge in [0.1, 0.15) is 12.2 Å². The second-order valence-electron chi connectivity index (χ2n) is 4.84. The molecule has 0 N–H and O–H groups in total. The Hall–Kier alpha value is -1.32. The number of carbonyl (C=O) groups is 2. The zero-order chi connectivity index (χ0) is 15.4. The molecule has 0 rings (SSSR count). The van der Waals surface area contributed by atoms with Gasteiger partial charge in [-0.05, 0) is 25.7 Å². The summed E-state index contributed by atoms with van der Waals surface area (Å²) in [6.45, 7) is 8.04. The van der Waals surface area contributed by atoms with Crippen LogP contribution in [0.25, 0.3) is 0 Å². The number of ether oxygens (including phenoxy) is 2. The first-order valence-electron chi connectivity index (χ1n) is 7.66. The zero-order valence-corrected chi connectivity index (χ0v) is 13.2. The highest BCUT2D eigenvalue weighted by Gasteiger charge is 2.11. The van der Waals surface area contributed by atoms with Gasteiger partial charge in [0.2, 0.25) is 0 Å². The van der Waals surface area contributed by atoms with Crippen molar-refractivity contribution in [2.24, 2.45) is 0 Å². The van der Waals surface area contributed by atoms with Gasteiger partial charge in [-0.1, -0.05) is 40.5 Å². The van der Waals surface area contributed by atoms with Gasteiger partial charge in [0.25, 0.3) is 0 Å². The normalized spacial score (nSPS) is 14.0. The van der Waals surface area contributed by atoms with E-state index in [-0.39, 0.29) is 12.2 Å². The van der Waals surface area contributed by atoms with Crippen LogP contribution in [0.3, 0.4) is 0 Å². The van der Waals surface area contributed by atoms with E-state index in [9.17, 15) is 9.59 Å². The Morgan fingerprint density at radius 3 is 1.40 bits per heavy atom. The fourth-order valence-corrected chi connectivity index (χ4v) is 1.88. The molecule has 0 spiro atoms. The molecule has 0 radical (unpaired) electrons. The summed E-state index contributed by atoms with van der Waals surface area (Å²) in [6.07, 6.45) is 7.34. The van der Waals surface area contributed by atoms with E-state index in [4.69, 9.17) is 9.47 Å². The molecule has 116 valence electrons. The Morgan fingerprint density at radius 2 is 1.15 bits per heavy atom. The van der Waals surface area contributed by atoms with E-state index >= 15 is 0 Å². The standard InChI is InChI=1S/C16H28O4/c1-5-9-13(7-3)19-15(17)11-12-16(18)20-14(8-4)10-6-2/h11-14H,5-10H2,1-4H3/b12-11+. The molecule has 0 aromatic rings. The molecule has 4 nitrogen and oxygen atoms in total. The van der Waals surface area contributed by atoms with Crippen LogP contribution in [0.2, 0.25) is 0 Å². The molecule has 0 aliphatic rings. The fraction of sp³-hybridized carbons (Fsp3) is 0.750. The van der Waals surface area contributed by atoms with Crippen LogP contribution in [-0.4, -0.2) is 24.1 Å². The Kier molecular flexibility index (Phi) is 10.7. The average Bonchev–Trinajstić information content (AvgIpc) is 2.44. The largest absolute Gasteiger partial charge is 0.459 e. The van der Waals surface area contributed by atoms with E-state index in [0.717, 1.165) is 50.7 Å². The molecule has 2 unspecified atom stereocenters. The number of esters is 2. The van der Waals surface area contributed by atoms with Crippen LogP contribution in [0.15, 0.2) is 12.2 Å². The van der Waals surface area contributed by atoms with Crippen molar-refractivity contribution in [3.8, 4) is 0 Å². The van der Waals surface area contributed by atoms with Gasteiger partial charge in [0.15, 0.2) is 0 Å². The van der Waals surface area contributed by atoms with Crippen molar-refractivity contribution in [1.29, 1.82) is 0 Å². The molecule has 0 aromatic carbocycles. The smallest absolute Gasteiger partial charge is 0.331 e. The summed E-state index contributed by atoms with van der Waals surface area (Å²) in [5, 5.41) is 0. The molecule has 2 atom stereocenters. The van der Waals surface area contributed by atoms with Gasteiger partial charge in [0.05, 0.1) is 0 Å². The highest BCUT2D eigenvalue weighted by atomic mass is 16.5. The molecule has 0 fully saturated rings. The fourth-order valence-electron chi connectivity index (χ4n) is 1.88. The minimum absolute atomic E-state index is 0.0725. The van der Waals surface area contributed by atoms with Crippen LogP contribution in [0.1, 0.15) is 66.2 Å². The lowest BCUT2D eigenvalue weighted by molar-refractivity contribution is -0.146. The van der Waals surface area contributed by atoms with Crippen molar-refractivity contribution < 1.29 is 19.1 Å². The molecular formula is C16H28O4. The van der Waals surface area contributed by atoms with E-state index in [1.807, 2.05) is 27.7 Å². The number of carbonyl (C=O) groups excluding carboxylic acids is 2.